The maximum absolute atomic E-state index is 11.9. The lowest BCUT2D eigenvalue weighted by molar-refractivity contribution is 0.509. The predicted molar refractivity (Wildman–Crippen MR) is 70.2 cm³/mol. The van der Waals surface area contributed by atoms with E-state index in [0.717, 1.165) is 18.8 Å². The monoisotopic (exact) mass is 241 g/mol. The predicted octanol–water partition coefficient (Wildman–Crippen LogP) is 1.67. The van der Waals surface area contributed by atoms with Crippen molar-refractivity contribution in [3.8, 4) is 0 Å². The van der Waals surface area contributed by atoms with Crippen LogP contribution in [0, 0.1) is 5.92 Å². The van der Waals surface area contributed by atoms with E-state index < -0.39 is 0 Å². The van der Waals surface area contributed by atoms with Crippen LogP contribution in [0.15, 0.2) is 17.2 Å². The van der Waals surface area contributed by atoms with Crippen LogP contribution in [0.3, 0.4) is 0 Å². The van der Waals surface area contributed by atoms with Gasteiger partial charge in [-0.25, -0.2) is 4.98 Å². The van der Waals surface area contributed by atoms with Gasteiger partial charge in [-0.1, -0.05) is 13.8 Å². The number of nitrogens with one attached hydrogen (secondary N) is 1. The number of hydrogen-bond donors (Lipinski definition) is 1. The summed E-state index contributed by atoms with van der Waals surface area (Å²) in [5.41, 5.74) is -0.0303. The van der Waals surface area contributed by atoms with Crippen molar-refractivity contribution in [2.24, 2.45) is 5.92 Å². The second kappa shape index (κ2) is 6.58. The van der Waals surface area contributed by atoms with E-state index in [9.17, 15) is 4.79 Å². The van der Waals surface area contributed by atoms with Gasteiger partial charge in [-0.05, 0) is 12.2 Å². The van der Waals surface area contributed by atoms with Crippen LogP contribution in [0.4, 0.5) is 5.82 Å². The molecule has 0 atom stereocenters. The topological polar surface area (TPSA) is 46.9 Å². The Balaban J connectivity index is 2.74. The Morgan fingerprint density at radius 1 is 1.56 bits per heavy atom. The maximum Gasteiger partial charge on any atom is 0.293 e. The van der Waals surface area contributed by atoms with Crippen LogP contribution in [-0.4, -0.2) is 28.1 Å². The largest absolute Gasteiger partial charge is 0.365 e. The van der Waals surface area contributed by atoms with Gasteiger partial charge in [0.15, 0.2) is 5.82 Å². The Labute approximate surface area is 100 Å². The molecule has 16 heavy (non-hydrogen) atoms. The molecule has 1 aromatic rings. The third-order valence-electron chi connectivity index (χ3n) is 2.07. The molecule has 90 valence electrons. The second-order valence-corrected chi connectivity index (χ2v) is 5.03. The molecule has 1 aromatic heterocycles. The van der Waals surface area contributed by atoms with E-state index in [1.165, 1.54) is 0 Å². The third kappa shape index (κ3) is 3.89. The number of aromatic nitrogens is 2. The Hall–Kier alpha value is -0.970. The Morgan fingerprint density at radius 3 is 2.94 bits per heavy atom. The highest BCUT2D eigenvalue weighted by molar-refractivity contribution is 7.98. The highest BCUT2D eigenvalue weighted by Crippen LogP contribution is 1.99. The fourth-order valence-corrected chi connectivity index (χ4v) is 1.68. The van der Waals surface area contributed by atoms with Gasteiger partial charge >= 0.3 is 0 Å². The van der Waals surface area contributed by atoms with E-state index in [0.29, 0.717) is 11.7 Å². The van der Waals surface area contributed by atoms with Gasteiger partial charge in [-0.2, -0.15) is 11.8 Å². The SMILES string of the molecule is CSCCNc1nccn(CC(C)C)c1=O. The van der Waals surface area contributed by atoms with Crippen molar-refractivity contribution in [1.29, 1.82) is 0 Å². The molecule has 0 amide bonds. The van der Waals surface area contributed by atoms with Gasteiger partial charge in [0.2, 0.25) is 0 Å². The first-order valence-corrected chi connectivity index (χ1v) is 6.82. The van der Waals surface area contributed by atoms with Gasteiger partial charge in [0.05, 0.1) is 0 Å². The van der Waals surface area contributed by atoms with E-state index in [1.54, 1.807) is 28.7 Å². The zero-order chi connectivity index (χ0) is 12.0. The Morgan fingerprint density at radius 2 is 2.31 bits per heavy atom. The molecule has 4 nitrogen and oxygen atoms in total. The minimum atomic E-state index is -0.0303. The fourth-order valence-electron chi connectivity index (χ4n) is 1.38. The van der Waals surface area contributed by atoms with Gasteiger partial charge in [-0.3, -0.25) is 4.79 Å². The first-order valence-electron chi connectivity index (χ1n) is 5.43. The van der Waals surface area contributed by atoms with Crippen LogP contribution < -0.4 is 10.9 Å². The van der Waals surface area contributed by atoms with Crippen molar-refractivity contribution in [3.63, 3.8) is 0 Å². The summed E-state index contributed by atoms with van der Waals surface area (Å²) in [6, 6.07) is 0. The standard InChI is InChI=1S/C11H19N3OS/c1-9(2)8-14-6-4-12-10(11(14)15)13-5-7-16-3/h4,6,9H,5,7-8H2,1-3H3,(H,12,13). The van der Waals surface area contributed by atoms with Crippen molar-refractivity contribution in [2.45, 2.75) is 20.4 Å². The molecule has 0 spiro atoms. The number of nitrogens with zero attached hydrogens (tertiary/aromatic N) is 2. The summed E-state index contributed by atoms with van der Waals surface area (Å²) in [6.07, 6.45) is 5.45. The van der Waals surface area contributed by atoms with Crippen LogP contribution in [-0.2, 0) is 6.54 Å². The van der Waals surface area contributed by atoms with Gasteiger partial charge in [0.1, 0.15) is 0 Å². The molecule has 1 heterocycles. The lowest BCUT2D eigenvalue weighted by Crippen LogP contribution is -2.26. The van der Waals surface area contributed by atoms with Crippen LogP contribution in [0.5, 0.6) is 0 Å². The average molecular weight is 241 g/mol. The molecule has 0 aliphatic carbocycles. The first kappa shape index (κ1) is 13.1. The molecule has 1 N–H and O–H groups in total. The van der Waals surface area contributed by atoms with E-state index in [1.807, 2.05) is 6.26 Å². The number of rotatable bonds is 6. The zero-order valence-corrected chi connectivity index (χ0v) is 10.9. The third-order valence-corrected chi connectivity index (χ3v) is 2.69. The molecule has 1 rings (SSSR count). The van der Waals surface area contributed by atoms with Crippen molar-refractivity contribution in [3.05, 3.63) is 22.7 Å². The molecule has 0 saturated heterocycles. The summed E-state index contributed by atoms with van der Waals surface area (Å²) in [6.45, 7) is 5.69. The van der Waals surface area contributed by atoms with Gasteiger partial charge in [0, 0.05) is 31.2 Å². The van der Waals surface area contributed by atoms with Crippen LogP contribution in [0.2, 0.25) is 0 Å². The molecule has 0 aromatic carbocycles. The summed E-state index contributed by atoms with van der Waals surface area (Å²) < 4.78 is 1.71. The minimum Gasteiger partial charge on any atom is -0.365 e. The van der Waals surface area contributed by atoms with Crippen LogP contribution >= 0.6 is 11.8 Å². The number of anilines is 1. The normalized spacial score (nSPS) is 10.8. The van der Waals surface area contributed by atoms with Crippen LogP contribution in [0.25, 0.3) is 0 Å². The summed E-state index contributed by atoms with van der Waals surface area (Å²) in [4.78, 5) is 16.0. The lowest BCUT2D eigenvalue weighted by atomic mass is 10.2. The molecular weight excluding hydrogens is 222 g/mol. The fraction of sp³-hybridized carbons (Fsp3) is 0.636. The summed E-state index contributed by atoms with van der Waals surface area (Å²) in [5, 5.41) is 3.06. The number of thioether (sulfide) groups is 1. The molecule has 5 heteroatoms. The molecule has 0 unspecified atom stereocenters. The van der Waals surface area contributed by atoms with E-state index in [2.05, 4.69) is 24.1 Å². The average Bonchev–Trinajstić information content (AvgIpc) is 2.23. The second-order valence-electron chi connectivity index (χ2n) is 4.05. The van der Waals surface area contributed by atoms with E-state index >= 15 is 0 Å². The first-order chi connectivity index (χ1) is 7.65. The summed E-state index contributed by atoms with van der Waals surface area (Å²) in [7, 11) is 0. The van der Waals surface area contributed by atoms with Crippen molar-refractivity contribution >= 4 is 17.6 Å². The maximum atomic E-state index is 11.9. The van der Waals surface area contributed by atoms with Crippen molar-refractivity contribution in [2.75, 3.05) is 23.9 Å². The number of hydrogen-bond acceptors (Lipinski definition) is 4. The molecule has 0 saturated carbocycles. The smallest absolute Gasteiger partial charge is 0.293 e. The quantitative estimate of drug-likeness (QED) is 0.770. The lowest BCUT2D eigenvalue weighted by Gasteiger charge is -2.10. The summed E-state index contributed by atoms with van der Waals surface area (Å²) >= 11 is 1.74. The Bertz CT molecular complexity index is 376. The zero-order valence-electron chi connectivity index (χ0n) is 10.1. The Kier molecular flexibility index (Phi) is 5.38. The molecule has 0 fully saturated rings. The van der Waals surface area contributed by atoms with Gasteiger partial charge < -0.3 is 9.88 Å². The molecule has 0 radical (unpaired) electrons. The summed E-state index contributed by atoms with van der Waals surface area (Å²) in [5.74, 6) is 1.89. The van der Waals surface area contributed by atoms with Crippen molar-refractivity contribution < 1.29 is 0 Å². The van der Waals surface area contributed by atoms with E-state index in [4.69, 9.17) is 0 Å². The molecule has 0 aliphatic heterocycles. The highest BCUT2D eigenvalue weighted by atomic mass is 32.2. The molecule has 0 aliphatic rings. The van der Waals surface area contributed by atoms with E-state index in [-0.39, 0.29) is 5.56 Å². The van der Waals surface area contributed by atoms with Gasteiger partial charge in [-0.15, -0.1) is 0 Å². The molecule has 0 bridgehead atoms. The molecular formula is C11H19N3OS. The van der Waals surface area contributed by atoms with Gasteiger partial charge in [0.25, 0.3) is 5.56 Å². The van der Waals surface area contributed by atoms with Crippen LogP contribution in [0.1, 0.15) is 13.8 Å². The van der Waals surface area contributed by atoms with Crippen molar-refractivity contribution in [1.82, 2.24) is 9.55 Å². The minimum absolute atomic E-state index is 0.0303. The highest BCUT2D eigenvalue weighted by Gasteiger charge is 2.04.